The second-order valence-corrected chi connectivity index (χ2v) is 8.10. The lowest BCUT2D eigenvalue weighted by molar-refractivity contribution is 0.0953. The van der Waals surface area contributed by atoms with E-state index in [2.05, 4.69) is 35.0 Å². The molecule has 0 aliphatic carbocycles. The highest BCUT2D eigenvalue weighted by atomic mass is 16.5. The SMILES string of the molecule is CCc1ccc(OCCn2c(CCCNC(=O)c3ccc(OC)cc3)nc3ccccc32)cc1. The first-order valence-corrected chi connectivity index (χ1v) is 11.8. The predicted octanol–water partition coefficient (Wildman–Crippen LogP) is 5.05. The quantitative estimate of drug-likeness (QED) is 0.320. The topological polar surface area (TPSA) is 65.4 Å². The van der Waals surface area contributed by atoms with Gasteiger partial charge in [-0.1, -0.05) is 31.2 Å². The maximum absolute atomic E-state index is 12.4. The molecule has 0 atom stereocenters. The second-order valence-electron chi connectivity index (χ2n) is 8.10. The van der Waals surface area contributed by atoms with Crippen LogP contribution >= 0.6 is 0 Å². The van der Waals surface area contributed by atoms with E-state index in [0.717, 1.165) is 47.6 Å². The monoisotopic (exact) mass is 457 g/mol. The minimum Gasteiger partial charge on any atom is -0.497 e. The molecule has 3 aromatic carbocycles. The van der Waals surface area contributed by atoms with Crippen LogP contribution < -0.4 is 14.8 Å². The molecule has 176 valence electrons. The molecule has 0 saturated carbocycles. The summed E-state index contributed by atoms with van der Waals surface area (Å²) in [4.78, 5) is 17.2. The Morgan fingerprint density at radius 2 is 1.71 bits per heavy atom. The van der Waals surface area contributed by atoms with E-state index < -0.39 is 0 Å². The first-order valence-electron chi connectivity index (χ1n) is 11.8. The van der Waals surface area contributed by atoms with Crippen LogP contribution in [-0.2, 0) is 19.4 Å². The third-order valence-electron chi connectivity index (χ3n) is 5.86. The van der Waals surface area contributed by atoms with Gasteiger partial charge in [0, 0.05) is 18.5 Å². The number of para-hydroxylation sites is 2. The van der Waals surface area contributed by atoms with Crippen molar-refractivity contribution in [2.45, 2.75) is 32.7 Å². The largest absolute Gasteiger partial charge is 0.497 e. The highest BCUT2D eigenvalue weighted by molar-refractivity contribution is 5.94. The molecule has 0 aliphatic rings. The molecule has 0 aliphatic heterocycles. The smallest absolute Gasteiger partial charge is 0.251 e. The molecule has 1 heterocycles. The van der Waals surface area contributed by atoms with Gasteiger partial charge in [-0.2, -0.15) is 0 Å². The number of nitrogens with one attached hydrogen (secondary N) is 1. The van der Waals surface area contributed by atoms with E-state index in [4.69, 9.17) is 14.5 Å². The molecule has 0 saturated heterocycles. The van der Waals surface area contributed by atoms with Gasteiger partial charge in [0.05, 0.1) is 24.7 Å². The van der Waals surface area contributed by atoms with Gasteiger partial charge in [-0.05, 0) is 66.9 Å². The molecule has 34 heavy (non-hydrogen) atoms. The Kier molecular flexibility index (Phi) is 7.81. The van der Waals surface area contributed by atoms with E-state index in [1.807, 2.05) is 30.3 Å². The van der Waals surface area contributed by atoms with Gasteiger partial charge in [-0.15, -0.1) is 0 Å². The molecule has 4 rings (SSSR count). The third kappa shape index (κ3) is 5.76. The zero-order valence-corrected chi connectivity index (χ0v) is 19.8. The maximum Gasteiger partial charge on any atom is 0.251 e. The van der Waals surface area contributed by atoms with Crippen molar-refractivity contribution in [1.82, 2.24) is 14.9 Å². The summed E-state index contributed by atoms with van der Waals surface area (Å²) in [7, 11) is 1.61. The van der Waals surface area contributed by atoms with Crippen LogP contribution in [0.2, 0.25) is 0 Å². The lowest BCUT2D eigenvalue weighted by Crippen LogP contribution is -2.25. The van der Waals surface area contributed by atoms with Gasteiger partial charge in [0.15, 0.2) is 0 Å². The van der Waals surface area contributed by atoms with E-state index in [1.54, 1.807) is 31.4 Å². The van der Waals surface area contributed by atoms with Crippen molar-refractivity contribution in [3.05, 3.63) is 89.7 Å². The van der Waals surface area contributed by atoms with Gasteiger partial charge in [0.2, 0.25) is 0 Å². The number of aromatic nitrogens is 2. The van der Waals surface area contributed by atoms with Crippen LogP contribution in [0.15, 0.2) is 72.8 Å². The number of nitrogens with zero attached hydrogens (tertiary/aromatic N) is 2. The predicted molar refractivity (Wildman–Crippen MR) is 135 cm³/mol. The fraction of sp³-hybridized carbons (Fsp3) is 0.286. The van der Waals surface area contributed by atoms with Crippen LogP contribution in [0.3, 0.4) is 0 Å². The number of carbonyl (C=O) groups is 1. The van der Waals surface area contributed by atoms with Gasteiger partial charge in [-0.25, -0.2) is 4.98 Å². The Bertz CT molecular complexity index is 1210. The fourth-order valence-corrected chi connectivity index (χ4v) is 3.93. The number of rotatable bonds is 11. The minimum absolute atomic E-state index is 0.0846. The van der Waals surface area contributed by atoms with E-state index in [9.17, 15) is 4.79 Å². The zero-order valence-electron chi connectivity index (χ0n) is 19.8. The number of imidazole rings is 1. The highest BCUT2D eigenvalue weighted by Crippen LogP contribution is 2.18. The van der Waals surface area contributed by atoms with Gasteiger partial charge < -0.3 is 19.4 Å². The van der Waals surface area contributed by atoms with Crippen LogP contribution in [0.5, 0.6) is 11.5 Å². The van der Waals surface area contributed by atoms with Gasteiger partial charge in [-0.3, -0.25) is 4.79 Å². The normalized spacial score (nSPS) is 10.9. The highest BCUT2D eigenvalue weighted by Gasteiger charge is 2.11. The minimum atomic E-state index is -0.0846. The van der Waals surface area contributed by atoms with Crippen LogP contribution in [0, 0.1) is 0 Å². The number of aryl methyl sites for hydroxylation is 2. The molecule has 1 amide bonds. The van der Waals surface area contributed by atoms with Gasteiger partial charge in [0.1, 0.15) is 23.9 Å². The Morgan fingerprint density at radius 1 is 0.971 bits per heavy atom. The number of hydrogen-bond donors (Lipinski definition) is 1. The fourth-order valence-electron chi connectivity index (χ4n) is 3.93. The number of hydrogen-bond acceptors (Lipinski definition) is 4. The molecule has 0 unspecified atom stereocenters. The Balaban J connectivity index is 1.34. The number of ether oxygens (including phenoxy) is 2. The number of methoxy groups -OCH3 is 1. The van der Waals surface area contributed by atoms with Crippen molar-refractivity contribution >= 4 is 16.9 Å². The lowest BCUT2D eigenvalue weighted by atomic mass is 10.2. The van der Waals surface area contributed by atoms with Crippen molar-refractivity contribution in [3.8, 4) is 11.5 Å². The second kappa shape index (κ2) is 11.4. The third-order valence-corrected chi connectivity index (χ3v) is 5.86. The Labute approximate surface area is 200 Å². The maximum atomic E-state index is 12.4. The summed E-state index contributed by atoms with van der Waals surface area (Å²) in [5.41, 5.74) is 4.00. The van der Waals surface area contributed by atoms with Crippen molar-refractivity contribution in [1.29, 1.82) is 0 Å². The molecule has 6 nitrogen and oxygen atoms in total. The molecular formula is C28H31N3O3. The molecular weight excluding hydrogens is 426 g/mol. The van der Waals surface area contributed by atoms with Gasteiger partial charge in [0.25, 0.3) is 5.91 Å². The summed E-state index contributed by atoms with van der Waals surface area (Å²) in [6.07, 6.45) is 2.58. The number of carbonyl (C=O) groups excluding carboxylic acids is 1. The molecule has 6 heteroatoms. The standard InChI is InChI=1S/C28H31N3O3/c1-3-21-10-14-24(15-11-21)34-20-19-31-26-8-5-4-7-25(26)30-27(31)9-6-18-29-28(32)22-12-16-23(33-2)17-13-22/h4-5,7-8,10-17H,3,6,9,18-20H2,1-2H3,(H,29,32). The van der Waals surface area contributed by atoms with Crippen LogP contribution in [-0.4, -0.2) is 35.7 Å². The van der Waals surface area contributed by atoms with Crippen LogP contribution in [0.1, 0.15) is 35.1 Å². The first-order chi connectivity index (χ1) is 16.7. The zero-order chi connectivity index (χ0) is 23.8. The summed E-state index contributed by atoms with van der Waals surface area (Å²) in [5.74, 6) is 2.53. The van der Waals surface area contributed by atoms with Gasteiger partial charge >= 0.3 is 0 Å². The summed E-state index contributed by atoms with van der Waals surface area (Å²) >= 11 is 0. The molecule has 0 bridgehead atoms. The molecule has 0 radical (unpaired) electrons. The number of fused-ring (bicyclic) bond motifs is 1. The van der Waals surface area contributed by atoms with E-state index in [0.29, 0.717) is 25.3 Å². The Morgan fingerprint density at radius 3 is 2.44 bits per heavy atom. The summed E-state index contributed by atoms with van der Waals surface area (Å²) in [6, 6.07) is 23.5. The van der Waals surface area contributed by atoms with E-state index in [-0.39, 0.29) is 5.91 Å². The number of benzene rings is 3. The summed E-state index contributed by atoms with van der Waals surface area (Å²) < 4.78 is 13.4. The van der Waals surface area contributed by atoms with Crippen molar-refractivity contribution in [2.75, 3.05) is 20.3 Å². The summed E-state index contributed by atoms with van der Waals surface area (Å²) in [6.45, 7) is 4.00. The average Bonchev–Trinajstić information content (AvgIpc) is 3.24. The lowest BCUT2D eigenvalue weighted by Gasteiger charge is -2.11. The first kappa shape index (κ1) is 23.4. The molecule has 4 aromatic rings. The molecule has 0 fully saturated rings. The Hall–Kier alpha value is -3.80. The van der Waals surface area contributed by atoms with Crippen molar-refractivity contribution in [3.63, 3.8) is 0 Å². The summed E-state index contributed by atoms with van der Waals surface area (Å²) in [5, 5.41) is 2.99. The van der Waals surface area contributed by atoms with Crippen molar-refractivity contribution in [2.24, 2.45) is 0 Å². The van der Waals surface area contributed by atoms with Crippen molar-refractivity contribution < 1.29 is 14.3 Å². The van der Waals surface area contributed by atoms with E-state index >= 15 is 0 Å². The number of amides is 1. The molecule has 1 aromatic heterocycles. The van der Waals surface area contributed by atoms with Crippen LogP contribution in [0.25, 0.3) is 11.0 Å². The van der Waals surface area contributed by atoms with E-state index in [1.165, 1.54) is 5.56 Å². The average molecular weight is 458 g/mol. The molecule has 0 spiro atoms. The van der Waals surface area contributed by atoms with Crippen LogP contribution in [0.4, 0.5) is 0 Å². The molecule has 1 N–H and O–H groups in total.